The number of carbonyl (C=O) groups excluding carboxylic acids is 2. The summed E-state index contributed by atoms with van der Waals surface area (Å²) in [5, 5.41) is 28.3. The maximum Gasteiger partial charge on any atom is 1.00 e. The molecule has 1 heterocycles. The normalized spacial score (nSPS) is 13.5. The van der Waals surface area contributed by atoms with Gasteiger partial charge in [-0.3, -0.25) is 9.59 Å². The van der Waals surface area contributed by atoms with Crippen molar-refractivity contribution in [2.75, 3.05) is 26.4 Å². The van der Waals surface area contributed by atoms with E-state index >= 15 is 0 Å². The van der Waals surface area contributed by atoms with Crippen molar-refractivity contribution in [3.63, 3.8) is 0 Å². The monoisotopic (exact) mass is 721 g/mol. The fourth-order valence-corrected chi connectivity index (χ4v) is 4.37. The predicted molar refractivity (Wildman–Crippen MR) is 217 cm³/mol. The molecule has 2 atom stereocenters. The second-order valence-electron chi connectivity index (χ2n) is 9.79. The molecule has 1 aliphatic rings. The second kappa shape index (κ2) is 68.8. The quantitative estimate of drug-likeness (QED) is 0.0589. The van der Waals surface area contributed by atoms with Crippen LogP contribution in [0, 0.1) is 11.3 Å². The maximum absolute atomic E-state index is 11.9. The Bertz CT molecular complexity index is 650. The number of unbranched alkanes of at least 4 members (excludes halogenated alkanes) is 10. The van der Waals surface area contributed by atoms with Gasteiger partial charge in [-0.1, -0.05) is 105 Å². The predicted octanol–water partition coefficient (Wildman–Crippen LogP) is 6.70. The molecule has 0 saturated carbocycles. The van der Waals surface area contributed by atoms with E-state index in [2.05, 4.69) is 103 Å². The number of hydrogen-bond acceptors (Lipinski definition) is 6. The van der Waals surface area contributed by atoms with Gasteiger partial charge >= 0.3 is 29.6 Å². The zero-order valence-corrected chi connectivity index (χ0v) is 36.0. The standard InChI is InChI=1S/C16H34O.C11H18N2O3.C2H6O2.6C2H4.Na/c1-3-5-7-9-11-13-15-17-16-14-12-10-8-6-4-2;1-4-6-7(3)11(5-2)8(14)12-10(16)13-9(11)15;3-1-2-4;6*1-2;/h3-16H2,1-2H3;7H,4-6H2,1-3H3,(H2,12,13,14,15,16);3-4H,1-2H2;6*1-2H2;/q;;;;;;;;;+1/p-1. The second-order valence-corrected chi connectivity index (χ2v) is 9.79. The number of nitrogens with zero attached hydrogens (tertiary/aromatic N) is 1. The Morgan fingerprint density at radius 1 is 0.660 bits per heavy atom. The Labute approximate surface area is 333 Å². The fourth-order valence-electron chi connectivity index (χ4n) is 4.37. The van der Waals surface area contributed by atoms with Crippen LogP contribution in [0.5, 0.6) is 0 Å². The first-order valence-electron chi connectivity index (χ1n) is 17.7. The van der Waals surface area contributed by atoms with Crippen LogP contribution in [0.1, 0.15) is 131 Å². The van der Waals surface area contributed by atoms with E-state index in [4.69, 9.17) is 14.9 Å². The molecule has 9 heteroatoms. The Morgan fingerprint density at radius 3 is 1.28 bits per heavy atom. The number of carbonyl (C=O) groups is 2. The Morgan fingerprint density at radius 2 is 1.00 bits per heavy atom. The van der Waals surface area contributed by atoms with Gasteiger partial charge in [0.2, 0.25) is 5.91 Å². The number of aliphatic hydroxyl groups excluding tert-OH is 2. The summed E-state index contributed by atoms with van der Waals surface area (Å²) in [7, 11) is 0. The summed E-state index contributed by atoms with van der Waals surface area (Å²) in [4.78, 5) is 27.1. The first-order valence-corrected chi connectivity index (χ1v) is 17.7. The van der Waals surface area contributed by atoms with Gasteiger partial charge in [0.05, 0.1) is 19.2 Å². The molecule has 1 rings (SSSR count). The van der Waals surface area contributed by atoms with Crippen molar-refractivity contribution < 1.29 is 59.2 Å². The van der Waals surface area contributed by atoms with Crippen molar-refractivity contribution in [1.82, 2.24) is 5.32 Å². The molecule has 0 aliphatic carbocycles. The molecule has 3 N–H and O–H groups in total. The van der Waals surface area contributed by atoms with Crippen molar-refractivity contribution in [3.8, 4) is 0 Å². The molecule has 0 radical (unpaired) electrons. The molecule has 0 bridgehead atoms. The zero-order chi connectivity index (χ0) is 40.4. The van der Waals surface area contributed by atoms with E-state index in [-0.39, 0.29) is 48.7 Å². The van der Waals surface area contributed by atoms with Crippen molar-refractivity contribution in [2.45, 2.75) is 131 Å². The van der Waals surface area contributed by atoms with Gasteiger partial charge in [-0.05, 0) is 31.6 Å². The largest absolute Gasteiger partial charge is 1.00 e. The number of rotatable bonds is 19. The van der Waals surface area contributed by atoms with E-state index in [1.807, 2.05) is 13.8 Å². The molecule has 0 saturated heterocycles. The summed E-state index contributed by atoms with van der Waals surface area (Å²) >= 11 is 0. The van der Waals surface area contributed by atoms with Crippen LogP contribution in [-0.2, 0) is 14.3 Å². The van der Waals surface area contributed by atoms with Crippen LogP contribution >= 0.6 is 0 Å². The van der Waals surface area contributed by atoms with E-state index in [9.17, 15) is 14.7 Å². The molecule has 0 aromatic carbocycles. The van der Waals surface area contributed by atoms with E-state index in [1.54, 1.807) is 6.92 Å². The van der Waals surface area contributed by atoms with Crippen LogP contribution < -0.4 is 40.0 Å². The number of nitrogens with one attached hydrogen (secondary N) is 1. The Kier molecular flexibility index (Phi) is 95.9. The minimum atomic E-state index is -1.15. The van der Waals surface area contributed by atoms with Gasteiger partial charge in [-0.25, -0.2) is 4.99 Å². The van der Waals surface area contributed by atoms with Gasteiger partial charge in [-0.15, -0.1) is 78.9 Å². The third-order valence-electron chi connectivity index (χ3n) is 6.72. The Balaban J connectivity index is -0.0000000671. The van der Waals surface area contributed by atoms with E-state index in [1.165, 1.54) is 77.0 Å². The van der Waals surface area contributed by atoms with Crippen LogP contribution in [0.25, 0.3) is 0 Å². The van der Waals surface area contributed by atoms with Gasteiger partial charge in [0.25, 0.3) is 5.91 Å². The number of ether oxygens (including phenoxy) is 1. The van der Waals surface area contributed by atoms with Crippen molar-refractivity contribution >= 4 is 17.8 Å². The van der Waals surface area contributed by atoms with Crippen LogP contribution in [0.2, 0.25) is 0 Å². The Hall–Kier alpha value is -2.07. The summed E-state index contributed by atoms with van der Waals surface area (Å²) in [6.45, 7) is 47.9. The number of aliphatic imine (C=N–C) groups is 1. The molecule has 0 fully saturated rings. The molecule has 292 valence electrons. The van der Waals surface area contributed by atoms with E-state index in [0.717, 1.165) is 26.1 Å². The summed E-state index contributed by atoms with van der Waals surface area (Å²) in [5.74, 6) is -1.20. The summed E-state index contributed by atoms with van der Waals surface area (Å²) in [5.41, 5.74) is -1.15. The molecule has 2 unspecified atom stereocenters. The average molecular weight is 721 g/mol. The van der Waals surface area contributed by atoms with Crippen molar-refractivity contribution in [3.05, 3.63) is 78.9 Å². The SMILES string of the molecule is C=C.C=C.C=C.C=C.C=C.C=C.CCCC(C)C1(CC)C(=O)N=C([O-])NC1=O.CCCCCCCCOCCCCCCCC.OCCO.[Na+]. The van der Waals surface area contributed by atoms with Gasteiger partial charge in [0.15, 0.2) is 0 Å². The van der Waals surface area contributed by atoms with Crippen LogP contribution in [0.4, 0.5) is 0 Å². The maximum atomic E-state index is 11.9. The van der Waals surface area contributed by atoms with Crippen molar-refractivity contribution in [1.29, 1.82) is 0 Å². The average Bonchev–Trinajstić information content (AvgIpc) is 3.16. The molecule has 0 aromatic rings. The van der Waals surface area contributed by atoms with Gasteiger partial charge < -0.3 is 25.4 Å². The first-order chi connectivity index (χ1) is 23.8. The summed E-state index contributed by atoms with van der Waals surface area (Å²) in [6.07, 6.45) is 18.4. The molecule has 8 nitrogen and oxygen atoms in total. The number of amides is 2. The minimum Gasteiger partial charge on any atom is -0.846 e. The van der Waals surface area contributed by atoms with Crippen molar-refractivity contribution in [2.24, 2.45) is 16.3 Å². The molecule has 50 heavy (non-hydrogen) atoms. The zero-order valence-electron chi connectivity index (χ0n) is 34.0. The molecule has 0 spiro atoms. The third-order valence-corrected chi connectivity index (χ3v) is 6.72. The van der Waals surface area contributed by atoms with Gasteiger partial charge in [-0.2, -0.15) is 0 Å². The molecule has 1 aliphatic heterocycles. The molecular weight excluding hydrogens is 639 g/mol. The first kappa shape index (κ1) is 69.7. The molecule has 2 amide bonds. The van der Waals surface area contributed by atoms with E-state index in [0.29, 0.717) is 6.42 Å². The van der Waals surface area contributed by atoms with Crippen LogP contribution in [0.15, 0.2) is 83.9 Å². The number of hydrogen-bond donors (Lipinski definition) is 3. The molecule has 0 aromatic heterocycles. The van der Waals surface area contributed by atoms with Crippen LogP contribution in [-0.4, -0.2) is 54.5 Å². The fraction of sp³-hybridized carbons (Fsp3) is 0.634. The minimum absolute atomic E-state index is 0. The summed E-state index contributed by atoms with van der Waals surface area (Å²) < 4.78 is 5.65. The topological polar surface area (TPSA) is 131 Å². The number of aliphatic hydroxyl groups is 2. The van der Waals surface area contributed by atoms with Gasteiger partial charge in [0.1, 0.15) is 5.41 Å². The van der Waals surface area contributed by atoms with Crippen LogP contribution in [0.3, 0.4) is 0 Å². The van der Waals surface area contributed by atoms with E-state index < -0.39 is 23.3 Å². The number of amidine groups is 1. The summed E-state index contributed by atoms with van der Waals surface area (Å²) in [6, 6.07) is -0.845. The third kappa shape index (κ3) is 45.9. The van der Waals surface area contributed by atoms with Gasteiger partial charge in [0, 0.05) is 13.2 Å². The smallest absolute Gasteiger partial charge is 0.846 e. The molecular formula is C41H81N2NaO6.